The largest absolute Gasteiger partial charge is 0.481 e. The average molecular weight is 513 g/mol. The van der Waals surface area contributed by atoms with Crippen molar-refractivity contribution in [1.29, 1.82) is 0 Å². The fourth-order valence-electron chi connectivity index (χ4n) is 4.63. The van der Waals surface area contributed by atoms with Crippen LogP contribution in [0.3, 0.4) is 0 Å². The summed E-state index contributed by atoms with van der Waals surface area (Å²) in [7, 11) is 2.89. The number of methoxy groups -OCH3 is 2. The van der Waals surface area contributed by atoms with E-state index in [0.29, 0.717) is 27.9 Å². The highest BCUT2D eigenvalue weighted by Crippen LogP contribution is 2.56. The number of aromatic nitrogens is 7. The van der Waals surface area contributed by atoms with Crippen molar-refractivity contribution in [1.82, 2.24) is 34.3 Å². The molecular formula is C24H19F4N7O2. The minimum atomic E-state index is -4.36. The minimum Gasteiger partial charge on any atom is -0.481 e. The molecule has 6 rings (SSSR count). The summed E-state index contributed by atoms with van der Waals surface area (Å²) in [5.41, 5.74) is 3.31. The Balaban J connectivity index is 1.37. The molecule has 0 saturated heterocycles. The molecule has 190 valence electrons. The Morgan fingerprint density at radius 3 is 2.59 bits per heavy atom. The highest BCUT2D eigenvalue weighted by atomic mass is 19.4. The Bertz CT molecular complexity index is 1620. The molecule has 0 radical (unpaired) electrons. The number of fused-ring (bicyclic) bond motifs is 2. The number of nitrogens with zero attached hydrogens (tertiary/aromatic N) is 7. The second-order valence-electron chi connectivity index (χ2n) is 8.77. The topological polar surface area (TPSA) is 92.2 Å². The molecule has 37 heavy (non-hydrogen) atoms. The predicted octanol–water partition coefficient (Wildman–Crippen LogP) is 4.53. The van der Waals surface area contributed by atoms with Gasteiger partial charge in [0.25, 0.3) is 0 Å². The van der Waals surface area contributed by atoms with E-state index in [4.69, 9.17) is 9.47 Å². The first kappa shape index (κ1) is 23.1. The van der Waals surface area contributed by atoms with Gasteiger partial charge >= 0.3 is 12.2 Å². The molecular weight excluding hydrogens is 494 g/mol. The van der Waals surface area contributed by atoms with Gasteiger partial charge in [0.05, 0.1) is 32.1 Å². The van der Waals surface area contributed by atoms with Crippen molar-refractivity contribution in [3.05, 3.63) is 59.8 Å². The standard InChI is InChI=1S/C24H19F4N7O2/c1-36-21-8-17(31-23(32-21)37-2)18-7-16(22-29-10-20(25)35(22)33-18)15-6-14(15)12-3-4-19-13(5-12)9-30-34(19)11-24(26,27)28/h3-5,7-10,14-15H,6,11H2,1-2H3/t14-,15+/m1/s1. The summed E-state index contributed by atoms with van der Waals surface area (Å²) in [6.07, 6.45) is -1.06. The molecule has 0 aliphatic heterocycles. The van der Waals surface area contributed by atoms with E-state index in [2.05, 4.69) is 25.1 Å². The Labute approximate surface area is 206 Å². The van der Waals surface area contributed by atoms with Crippen molar-refractivity contribution in [3.8, 4) is 23.3 Å². The molecule has 0 N–H and O–H groups in total. The van der Waals surface area contributed by atoms with Crippen molar-refractivity contribution in [2.24, 2.45) is 0 Å². The monoisotopic (exact) mass is 513 g/mol. The van der Waals surface area contributed by atoms with Gasteiger partial charge in [-0.25, -0.2) is 4.98 Å². The molecule has 5 aromatic rings. The maximum absolute atomic E-state index is 14.6. The number of hydrogen-bond acceptors (Lipinski definition) is 7. The lowest BCUT2D eigenvalue weighted by Gasteiger charge is -2.10. The van der Waals surface area contributed by atoms with E-state index < -0.39 is 18.7 Å². The third-order valence-corrected chi connectivity index (χ3v) is 6.40. The number of benzene rings is 1. The normalized spacial score (nSPS) is 17.5. The minimum absolute atomic E-state index is 0.000603. The summed E-state index contributed by atoms with van der Waals surface area (Å²) in [6.45, 7) is -1.15. The average Bonchev–Trinajstić information content (AvgIpc) is 3.47. The van der Waals surface area contributed by atoms with Gasteiger partial charge in [0.15, 0.2) is 5.65 Å². The van der Waals surface area contributed by atoms with Crippen LogP contribution < -0.4 is 9.47 Å². The first-order valence-corrected chi connectivity index (χ1v) is 11.3. The van der Waals surface area contributed by atoms with Crippen LogP contribution in [-0.4, -0.2) is 54.7 Å². The van der Waals surface area contributed by atoms with E-state index >= 15 is 0 Å². The number of alkyl halides is 3. The Hall–Kier alpha value is -4.29. The SMILES string of the molecule is COc1cc(-c2cc([C@H]3C[C@@H]3c3ccc4c(cnn4CC(F)(F)F)c3)c3ncc(F)n3n2)nc(OC)n1. The highest BCUT2D eigenvalue weighted by Gasteiger charge is 2.42. The van der Waals surface area contributed by atoms with E-state index in [1.165, 1.54) is 20.4 Å². The van der Waals surface area contributed by atoms with Crippen LogP contribution in [0, 0.1) is 5.95 Å². The molecule has 1 fully saturated rings. The Morgan fingerprint density at radius 2 is 1.84 bits per heavy atom. The van der Waals surface area contributed by atoms with Gasteiger partial charge in [-0.15, -0.1) is 0 Å². The summed E-state index contributed by atoms with van der Waals surface area (Å²) in [6, 6.07) is 8.78. The Morgan fingerprint density at radius 1 is 1.00 bits per heavy atom. The second kappa shape index (κ2) is 8.39. The summed E-state index contributed by atoms with van der Waals surface area (Å²) in [4.78, 5) is 12.6. The number of imidazole rings is 1. The van der Waals surface area contributed by atoms with Gasteiger partial charge < -0.3 is 9.47 Å². The molecule has 9 nitrogen and oxygen atoms in total. The van der Waals surface area contributed by atoms with E-state index in [1.54, 1.807) is 12.1 Å². The van der Waals surface area contributed by atoms with Gasteiger partial charge in [-0.1, -0.05) is 6.07 Å². The van der Waals surface area contributed by atoms with Crippen molar-refractivity contribution in [3.63, 3.8) is 0 Å². The molecule has 13 heteroatoms. The van der Waals surface area contributed by atoms with Crippen LogP contribution in [0.5, 0.6) is 11.9 Å². The lowest BCUT2D eigenvalue weighted by atomic mass is 10.0. The van der Waals surface area contributed by atoms with Gasteiger partial charge in [-0.05, 0) is 42.0 Å². The third-order valence-electron chi connectivity index (χ3n) is 6.40. The molecule has 4 heterocycles. The summed E-state index contributed by atoms with van der Waals surface area (Å²) in [5.74, 6) is -0.287. The van der Waals surface area contributed by atoms with Gasteiger partial charge in [0.1, 0.15) is 17.9 Å². The summed E-state index contributed by atoms with van der Waals surface area (Å²) >= 11 is 0. The zero-order chi connectivity index (χ0) is 25.9. The highest BCUT2D eigenvalue weighted by molar-refractivity contribution is 5.80. The van der Waals surface area contributed by atoms with Crippen LogP contribution in [0.1, 0.15) is 29.4 Å². The number of ether oxygens (including phenoxy) is 2. The molecule has 1 aliphatic carbocycles. The Kier molecular flexibility index (Phi) is 5.24. The molecule has 1 aliphatic rings. The fraction of sp³-hybridized carbons (Fsp3) is 0.292. The zero-order valence-electron chi connectivity index (χ0n) is 19.6. The van der Waals surface area contributed by atoms with Crippen LogP contribution >= 0.6 is 0 Å². The van der Waals surface area contributed by atoms with Crippen LogP contribution in [0.2, 0.25) is 0 Å². The predicted molar refractivity (Wildman–Crippen MR) is 123 cm³/mol. The molecule has 1 saturated carbocycles. The maximum Gasteiger partial charge on any atom is 0.408 e. The van der Waals surface area contributed by atoms with Gasteiger partial charge in [0.2, 0.25) is 11.8 Å². The van der Waals surface area contributed by atoms with Crippen molar-refractivity contribution in [2.75, 3.05) is 14.2 Å². The molecule has 0 unspecified atom stereocenters. The quantitative estimate of drug-likeness (QED) is 0.308. The maximum atomic E-state index is 14.6. The molecule has 2 atom stereocenters. The van der Waals surface area contributed by atoms with Gasteiger partial charge in [0, 0.05) is 17.0 Å². The van der Waals surface area contributed by atoms with Gasteiger partial charge in [-0.2, -0.15) is 42.2 Å². The van der Waals surface area contributed by atoms with E-state index in [9.17, 15) is 17.6 Å². The summed E-state index contributed by atoms with van der Waals surface area (Å²) in [5, 5.41) is 8.89. The number of hydrogen-bond donors (Lipinski definition) is 0. The zero-order valence-corrected chi connectivity index (χ0v) is 19.6. The van der Waals surface area contributed by atoms with E-state index in [1.807, 2.05) is 18.2 Å². The van der Waals surface area contributed by atoms with Crippen LogP contribution in [0.15, 0.2) is 42.7 Å². The van der Waals surface area contributed by atoms with Crippen molar-refractivity contribution < 1.29 is 27.0 Å². The molecule has 4 aromatic heterocycles. The van der Waals surface area contributed by atoms with Crippen LogP contribution in [0.4, 0.5) is 17.6 Å². The molecule has 0 amide bonds. The van der Waals surface area contributed by atoms with Crippen LogP contribution in [0.25, 0.3) is 27.9 Å². The molecule has 1 aromatic carbocycles. The van der Waals surface area contributed by atoms with Crippen molar-refractivity contribution in [2.45, 2.75) is 31.0 Å². The van der Waals surface area contributed by atoms with E-state index in [-0.39, 0.29) is 23.7 Å². The first-order chi connectivity index (χ1) is 17.7. The van der Waals surface area contributed by atoms with E-state index in [0.717, 1.165) is 32.9 Å². The third kappa shape index (κ3) is 4.19. The first-order valence-electron chi connectivity index (χ1n) is 11.3. The van der Waals surface area contributed by atoms with Crippen molar-refractivity contribution >= 4 is 16.6 Å². The van der Waals surface area contributed by atoms with Crippen LogP contribution in [-0.2, 0) is 6.54 Å². The second-order valence-corrected chi connectivity index (χ2v) is 8.77. The molecule has 0 bridgehead atoms. The van der Waals surface area contributed by atoms with Gasteiger partial charge in [-0.3, -0.25) is 4.68 Å². The number of halogens is 4. The molecule has 0 spiro atoms. The number of rotatable bonds is 6. The lowest BCUT2D eigenvalue weighted by Crippen LogP contribution is -2.18. The fourth-order valence-corrected chi connectivity index (χ4v) is 4.63. The smallest absolute Gasteiger partial charge is 0.408 e. The summed E-state index contributed by atoms with van der Waals surface area (Å²) < 4.78 is 65.6. The lowest BCUT2D eigenvalue weighted by molar-refractivity contribution is -0.141.